The van der Waals surface area contributed by atoms with Crippen LogP contribution in [0.5, 0.6) is 11.6 Å². The second-order valence-corrected chi connectivity index (χ2v) is 8.40. The summed E-state index contributed by atoms with van der Waals surface area (Å²) in [6, 6.07) is 20.2. The van der Waals surface area contributed by atoms with Crippen LogP contribution in [-0.2, 0) is 19.3 Å². The number of hydrogen-bond donors (Lipinski definition) is 0. The molecular weight excluding hydrogens is 426 g/mol. The number of benzene rings is 1. The Kier molecular flexibility index (Phi) is 9.59. The average molecular weight is 462 g/mol. The summed E-state index contributed by atoms with van der Waals surface area (Å²) in [5, 5.41) is 0. The van der Waals surface area contributed by atoms with Crippen LogP contribution in [-0.4, -0.2) is 54.0 Å². The fourth-order valence-electron chi connectivity index (χ4n) is 3.92. The Morgan fingerprint density at radius 2 is 1.71 bits per heavy atom. The highest BCUT2D eigenvalue weighted by Crippen LogP contribution is 2.24. The van der Waals surface area contributed by atoms with Crippen LogP contribution in [0.15, 0.2) is 60.7 Å². The van der Waals surface area contributed by atoms with Crippen LogP contribution in [0.1, 0.15) is 47.7 Å². The van der Waals surface area contributed by atoms with Crippen LogP contribution < -0.4 is 9.47 Å². The van der Waals surface area contributed by atoms with E-state index in [0.717, 1.165) is 30.7 Å². The first-order chi connectivity index (χ1) is 16.5. The Bertz CT molecular complexity index is 1060. The van der Waals surface area contributed by atoms with E-state index in [1.807, 2.05) is 43.3 Å². The first kappa shape index (κ1) is 25.4. The van der Waals surface area contributed by atoms with Gasteiger partial charge in [-0.3, -0.25) is 9.69 Å². The standard InChI is InChI=1S/C28H35N3O3/c1-5-23-12-9-13-25(29-23)26(32)20-31(21(2)14-15-22-10-7-6-8-11-22)19-18-24-16-17-27(33-3)28(30-24)34-4/h6-13,16-17,21H,5,14-15,18-20H2,1-4H3. The van der Waals surface area contributed by atoms with Gasteiger partial charge in [0.2, 0.25) is 0 Å². The number of aromatic nitrogens is 2. The van der Waals surface area contributed by atoms with Gasteiger partial charge in [0, 0.05) is 30.4 Å². The molecule has 0 aliphatic carbocycles. The normalized spacial score (nSPS) is 11.9. The largest absolute Gasteiger partial charge is 0.491 e. The van der Waals surface area contributed by atoms with Crippen molar-refractivity contribution in [2.75, 3.05) is 27.3 Å². The van der Waals surface area contributed by atoms with Crippen molar-refractivity contribution in [3.8, 4) is 11.6 Å². The molecule has 34 heavy (non-hydrogen) atoms. The molecule has 0 spiro atoms. The van der Waals surface area contributed by atoms with Crippen LogP contribution in [0.4, 0.5) is 0 Å². The molecule has 0 saturated carbocycles. The number of pyridine rings is 2. The molecule has 180 valence electrons. The van der Waals surface area contributed by atoms with Gasteiger partial charge in [0.05, 0.1) is 20.8 Å². The number of ether oxygens (including phenoxy) is 2. The summed E-state index contributed by atoms with van der Waals surface area (Å²) in [6.07, 6.45) is 3.43. The van der Waals surface area contributed by atoms with Crippen molar-refractivity contribution in [3.63, 3.8) is 0 Å². The number of aryl methyl sites for hydroxylation is 2. The zero-order chi connectivity index (χ0) is 24.3. The van der Waals surface area contributed by atoms with Crippen molar-refractivity contribution >= 4 is 5.78 Å². The first-order valence-corrected chi connectivity index (χ1v) is 11.9. The summed E-state index contributed by atoms with van der Waals surface area (Å²) in [7, 11) is 3.19. The quantitative estimate of drug-likeness (QED) is 0.341. The van der Waals surface area contributed by atoms with Gasteiger partial charge in [-0.1, -0.05) is 43.3 Å². The van der Waals surface area contributed by atoms with E-state index in [0.29, 0.717) is 36.8 Å². The molecule has 6 heteroatoms. The van der Waals surface area contributed by atoms with Crippen molar-refractivity contribution in [1.29, 1.82) is 0 Å². The van der Waals surface area contributed by atoms with E-state index < -0.39 is 0 Å². The highest BCUT2D eigenvalue weighted by Gasteiger charge is 2.20. The molecule has 3 rings (SSSR count). The van der Waals surface area contributed by atoms with Gasteiger partial charge in [-0.2, -0.15) is 0 Å². The third-order valence-electron chi connectivity index (χ3n) is 6.07. The summed E-state index contributed by atoms with van der Waals surface area (Å²) in [5.74, 6) is 1.12. The SMILES string of the molecule is CCc1cccc(C(=O)CN(CCc2ccc(OC)c(OC)n2)C(C)CCc2ccccc2)n1. The molecule has 1 unspecified atom stereocenters. The number of methoxy groups -OCH3 is 2. The van der Waals surface area contributed by atoms with Crippen LogP contribution in [0, 0.1) is 0 Å². The fourth-order valence-corrected chi connectivity index (χ4v) is 3.92. The molecule has 2 heterocycles. The zero-order valence-corrected chi connectivity index (χ0v) is 20.7. The molecule has 0 amide bonds. The van der Waals surface area contributed by atoms with E-state index in [1.165, 1.54) is 5.56 Å². The number of nitrogens with zero attached hydrogens (tertiary/aromatic N) is 3. The van der Waals surface area contributed by atoms with E-state index in [1.54, 1.807) is 14.2 Å². The molecule has 2 aromatic heterocycles. The van der Waals surface area contributed by atoms with E-state index in [-0.39, 0.29) is 11.8 Å². The van der Waals surface area contributed by atoms with E-state index >= 15 is 0 Å². The van der Waals surface area contributed by atoms with Gasteiger partial charge in [-0.15, -0.1) is 0 Å². The maximum absolute atomic E-state index is 13.1. The Morgan fingerprint density at radius 1 is 0.912 bits per heavy atom. The third-order valence-corrected chi connectivity index (χ3v) is 6.07. The Morgan fingerprint density at radius 3 is 2.41 bits per heavy atom. The van der Waals surface area contributed by atoms with E-state index in [4.69, 9.17) is 9.47 Å². The monoisotopic (exact) mass is 461 g/mol. The smallest absolute Gasteiger partial charge is 0.256 e. The predicted molar refractivity (Wildman–Crippen MR) is 135 cm³/mol. The van der Waals surface area contributed by atoms with Gasteiger partial charge < -0.3 is 9.47 Å². The van der Waals surface area contributed by atoms with Crippen molar-refractivity contribution in [1.82, 2.24) is 14.9 Å². The highest BCUT2D eigenvalue weighted by atomic mass is 16.5. The molecule has 0 radical (unpaired) electrons. The van der Waals surface area contributed by atoms with Crippen molar-refractivity contribution < 1.29 is 14.3 Å². The van der Waals surface area contributed by atoms with Crippen LogP contribution in [0.3, 0.4) is 0 Å². The molecule has 0 aliphatic rings. The number of Topliss-reactive ketones (excluding diaryl/α,β-unsaturated/α-hetero) is 1. The van der Waals surface area contributed by atoms with Crippen molar-refractivity contribution in [2.24, 2.45) is 0 Å². The number of carbonyl (C=O) groups is 1. The van der Waals surface area contributed by atoms with Gasteiger partial charge in [0.1, 0.15) is 5.69 Å². The zero-order valence-electron chi connectivity index (χ0n) is 20.7. The Hall–Kier alpha value is -3.25. The lowest BCUT2D eigenvalue weighted by Gasteiger charge is -2.28. The van der Waals surface area contributed by atoms with E-state index in [2.05, 4.69) is 46.1 Å². The summed E-state index contributed by atoms with van der Waals surface area (Å²) in [4.78, 5) is 24.5. The second kappa shape index (κ2) is 12.8. The second-order valence-electron chi connectivity index (χ2n) is 8.40. The molecule has 0 fully saturated rings. The molecule has 0 bridgehead atoms. The van der Waals surface area contributed by atoms with Crippen LogP contribution in [0.25, 0.3) is 0 Å². The summed E-state index contributed by atoms with van der Waals surface area (Å²) >= 11 is 0. The average Bonchev–Trinajstić information content (AvgIpc) is 2.89. The van der Waals surface area contributed by atoms with E-state index in [9.17, 15) is 4.79 Å². The Balaban J connectivity index is 1.72. The van der Waals surface area contributed by atoms with Crippen molar-refractivity contribution in [3.05, 3.63) is 83.3 Å². The Labute approximate surface area is 203 Å². The molecule has 0 saturated heterocycles. The minimum atomic E-state index is 0.0436. The topological polar surface area (TPSA) is 64.6 Å². The summed E-state index contributed by atoms with van der Waals surface area (Å²) < 4.78 is 10.7. The maximum atomic E-state index is 13.1. The minimum Gasteiger partial charge on any atom is -0.491 e. The maximum Gasteiger partial charge on any atom is 0.256 e. The lowest BCUT2D eigenvalue weighted by Crippen LogP contribution is -2.39. The molecule has 6 nitrogen and oxygen atoms in total. The number of ketones is 1. The lowest BCUT2D eigenvalue weighted by atomic mass is 10.0. The molecule has 0 aliphatic heterocycles. The predicted octanol–water partition coefficient (Wildman–Crippen LogP) is 4.80. The minimum absolute atomic E-state index is 0.0436. The number of rotatable bonds is 13. The number of carbonyl (C=O) groups excluding carboxylic acids is 1. The van der Waals surface area contributed by atoms with Gasteiger partial charge in [0.25, 0.3) is 5.88 Å². The molecule has 1 atom stereocenters. The van der Waals surface area contributed by atoms with Gasteiger partial charge in [-0.25, -0.2) is 9.97 Å². The highest BCUT2D eigenvalue weighted by molar-refractivity contribution is 5.95. The molecule has 3 aromatic rings. The third kappa shape index (κ3) is 7.12. The summed E-state index contributed by atoms with van der Waals surface area (Å²) in [6.45, 7) is 5.26. The lowest BCUT2D eigenvalue weighted by molar-refractivity contribution is 0.0889. The number of hydrogen-bond acceptors (Lipinski definition) is 6. The molecular formula is C28H35N3O3. The van der Waals surface area contributed by atoms with Gasteiger partial charge in [-0.05, 0) is 56.0 Å². The van der Waals surface area contributed by atoms with Crippen LogP contribution in [0.2, 0.25) is 0 Å². The fraction of sp³-hybridized carbons (Fsp3) is 0.393. The first-order valence-electron chi connectivity index (χ1n) is 11.9. The van der Waals surface area contributed by atoms with Gasteiger partial charge in [0.15, 0.2) is 11.5 Å². The molecule has 1 aromatic carbocycles. The summed E-state index contributed by atoms with van der Waals surface area (Å²) in [5.41, 5.74) is 3.67. The molecule has 0 N–H and O–H groups in total. The van der Waals surface area contributed by atoms with Gasteiger partial charge >= 0.3 is 0 Å². The van der Waals surface area contributed by atoms with Crippen molar-refractivity contribution in [2.45, 2.75) is 45.6 Å². The van der Waals surface area contributed by atoms with Crippen LogP contribution >= 0.6 is 0 Å².